The Bertz CT molecular complexity index is 394. The third kappa shape index (κ3) is 1.82. The average molecular weight is 252 g/mol. The van der Waals surface area contributed by atoms with Gasteiger partial charge in [0.1, 0.15) is 11.5 Å². The monoisotopic (exact) mass is 252 g/mol. The van der Waals surface area contributed by atoms with Crippen molar-refractivity contribution in [2.75, 3.05) is 13.2 Å². The first kappa shape index (κ1) is 11.3. The topological polar surface area (TPSA) is 41.6 Å². The van der Waals surface area contributed by atoms with Gasteiger partial charge in [-0.1, -0.05) is 30.0 Å². The normalized spacial score (nSPS) is 35.4. The molecule has 92 valence electrons. The van der Waals surface area contributed by atoms with Gasteiger partial charge in [0.2, 0.25) is 0 Å². The second-order valence-electron chi connectivity index (χ2n) is 4.34. The lowest BCUT2D eigenvalue weighted by atomic mass is 10.1. The first-order valence-corrected chi connectivity index (χ1v) is 6.90. The summed E-state index contributed by atoms with van der Waals surface area (Å²) >= 11 is 1.82. The average Bonchev–Trinajstić information content (AvgIpc) is 2.87. The second-order valence-corrected chi connectivity index (χ2v) is 5.50. The van der Waals surface area contributed by atoms with Crippen LogP contribution in [0.15, 0.2) is 23.1 Å². The maximum atomic E-state index is 11.9. The molecule has 3 atom stereocenters. The van der Waals surface area contributed by atoms with E-state index in [0.29, 0.717) is 19.2 Å². The number of nitrogens with one attached hydrogen (secondary N) is 1. The summed E-state index contributed by atoms with van der Waals surface area (Å²) in [5, 5.41) is 3.38. The lowest BCUT2D eigenvalue weighted by Crippen LogP contribution is -2.44. The molecule has 5 heteroatoms. The van der Waals surface area contributed by atoms with Crippen molar-refractivity contribution in [3.05, 3.63) is 23.1 Å². The zero-order chi connectivity index (χ0) is 11.8. The van der Waals surface area contributed by atoms with Crippen LogP contribution in [0.5, 0.6) is 0 Å². The lowest BCUT2D eigenvalue weighted by molar-refractivity contribution is -0.148. The molecule has 2 saturated heterocycles. The summed E-state index contributed by atoms with van der Waals surface area (Å²) in [4.78, 5) is 15.5. The molecule has 3 unspecified atom stereocenters. The Morgan fingerprint density at radius 3 is 3.41 bits per heavy atom. The minimum atomic E-state index is -0.130. The van der Waals surface area contributed by atoms with E-state index in [0.717, 1.165) is 6.42 Å². The highest BCUT2D eigenvalue weighted by Gasteiger charge is 2.48. The number of fused-ring (bicyclic) bond motifs is 3. The van der Waals surface area contributed by atoms with Crippen LogP contribution in [0.3, 0.4) is 0 Å². The Labute approximate surface area is 105 Å². The zero-order valence-electron chi connectivity index (χ0n) is 9.76. The van der Waals surface area contributed by atoms with E-state index in [1.807, 2.05) is 18.7 Å². The largest absolute Gasteiger partial charge is 0.465 e. The number of carbonyl (C=O) groups is 1. The number of ether oxygens (including phenoxy) is 1. The highest BCUT2D eigenvalue weighted by molar-refractivity contribution is 8.03. The van der Waals surface area contributed by atoms with Crippen LogP contribution >= 0.6 is 11.8 Å². The van der Waals surface area contributed by atoms with Crippen molar-refractivity contribution in [2.24, 2.45) is 0 Å². The Kier molecular flexibility index (Phi) is 2.98. The van der Waals surface area contributed by atoms with Crippen LogP contribution < -0.4 is 5.32 Å². The molecule has 0 spiro atoms. The molecule has 0 aromatic heterocycles. The van der Waals surface area contributed by atoms with Gasteiger partial charge < -0.3 is 4.74 Å². The molecule has 1 aliphatic carbocycles. The molecule has 0 amide bonds. The first-order chi connectivity index (χ1) is 8.31. The van der Waals surface area contributed by atoms with Gasteiger partial charge >= 0.3 is 5.97 Å². The minimum Gasteiger partial charge on any atom is -0.465 e. The van der Waals surface area contributed by atoms with E-state index in [1.54, 1.807) is 0 Å². The van der Waals surface area contributed by atoms with E-state index < -0.39 is 0 Å². The lowest BCUT2D eigenvalue weighted by Gasteiger charge is -2.27. The van der Waals surface area contributed by atoms with Crippen molar-refractivity contribution >= 4 is 17.7 Å². The number of esters is 1. The molecular formula is C12H16N2O2S. The van der Waals surface area contributed by atoms with E-state index in [2.05, 4.69) is 28.4 Å². The van der Waals surface area contributed by atoms with Crippen LogP contribution in [-0.2, 0) is 9.53 Å². The van der Waals surface area contributed by atoms with Gasteiger partial charge in [0.15, 0.2) is 0 Å². The Hall–Kier alpha value is -0.780. The zero-order valence-corrected chi connectivity index (χ0v) is 10.6. The van der Waals surface area contributed by atoms with Crippen LogP contribution in [0.2, 0.25) is 0 Å². The van der Waals surface area contributed by atoms with Gasteiger partial charge in [-0.25, -0.2) is 0 Å². The summed E-state index contributed by atoms with van der Waals surface area (Å²) in [7, 11) is 0. The van der Waals surface area contributed by atoms with E-state index in [1.165, 1.54) is 4.91 Å². The fourth-order valence-electron chi connectivity index (χ4n) is 2.63. The van der Waals surface area contributed by atoms with Crippen LogP contribution in [0.1, 0.15) is 13.3 Å². The molecular weight excluding hydrogens is 236 g/mol. The van der Waals surface area contributed by atoms with Crippen LogP contribution in [0.25, 0.3) is 0 Å². The van der Waals surface area contributed by atoms with Gasteiger partial charge in [-0.05, 0) is 13.3 Å². The first-order valence-electron chi connectivity index (χ1n) is 6.02. The fraction of sp³-hybridized carbons (Fsp3) is 0.583. The van der Waals surface area contributed by atoms with Gasteiger partial charge in [0.05, 0.1) is 6.61 Å². The predicted molar refractivity (Wildman–Crippen MR) is 67.3 cm³/mol. The van der Waals surface area contributed by atoms with E-state index in [4.69, 9.17) is 4.74 Å². The molecule has 2 heterocycles. The molecule has 0 aromatic rings. The minimum absolute atomic E-state index is 0.0982. The van der Waals surface area contributed by atoms with Crippen molar-refractivity contribution < 1.29 is 9.53 Å². The number of carbonyl (C=O) groups excluding carboxylic acids is 1. The number of allylic oxidation sites excluding steroid dienone is 2. The second kappa shape index (κ2) is 4.48. The summed E-state index contributed by atoms with van der Waals surface area (Å²) in [6.07, 6.45) is 7.41. The smallest absolute Gasteiger partial charge is 0.324 e. The third-order valence-corrected chi connectivity index (χ3v) is 4.68. The van der Waals surface area contributed by atoms with Gasteiger partial charge in [-0.15, -0.1) is 0 Å². The molecule has 0 radical (unpaired) electrons. The highest BCUT2D eigenvalue weighted by Crippen LogP contribution is 2.44. The number of thioether (sulfide) groups is 1. The molecule has 4 nitrogen and oxygen atoms in total. The van der Waals surface area contributed by atoms with Crippen molar-refractivity contribution in [1.29, 1.82) is 0 Å². The number of rotatable bonds is 2. The highest BCUT2D eigenvalue weighted by atomic mass is 32.2. The molecule has 0 saturated carbocycles. The number of hydrogen-bond acceptors (Lipinski definition) is 5. The van der Waals surface area contributed by atoms with Crippen molar-refractivity contribution in [2.45, 2.75) is 30.9 Å². The van der Waals surface area contributed by atoms with Gasteiger partial charge in [0.25, 0.3) is 0 Å². The molecule has 2 aliphatic heterocycles. The van der Waals surface area contributed by atoms with E-state index >= 15 is 0 Å². The summed E-state index contributed by atoms with van der Waals surface area (Å²) in [6, 6.07) is 0.231. The van der Waals surface area contributed by atoms with Crippen molar-refractivity contribution in [1.82, 2.24) is 10.2 Å². The summed E-state index contributed by atoms with van der Waals surface area (Å²) in [5.41, 5.74) is 0.237. The van der Waals surface area contributed by atoms with Gasteiger partial charge in [-0.2, -0.15) is 0 Å². The Morgan fingerprint density at radius 2 is 2.59 bits per heavy atom. The van der Waals surface area contributed by atoms with E-state index in [-0.39, 0.29) is 17.5 Å². The summed E-state index contributed by atoms with van der Waals surface area (Å²) in [6.45, 7) is 3.00. The van der Waals surface area contributed by atoms with E-state index in [9.17, 15) is 4.79 Å². The molecule has 17 heavy (non-hydrogen) atoms. The summed E-state index contributed by atoms with van der Waals surface area (Å²) < 4.78 is 5.15. The quantitative estimate of drug-likeness (QED) is 0.744. The SMILES string of the molecule is CCOC(=O)C1CNC2SC3=CC=CCC3N21. The van der Waals surface area contributed by atoms with Gasteiger partial charge in [-0.3, -0.25) is 15.0 Å². The molecule has 0 bridgehead atoms. The molecule has 2 fully saturated rings. The molecule has 0 aromatic carbocycles. The number of nitrogens with zero attached hydrogens (tertiary/aromatic N) is 1. The predicted octanol–water partition coefficient (Wildman–Crippen LogP) is 1.07. The molecule has 3 aliphatic rings. The molecule has 1 N–H and O–H groups in total. The molecule has 3 rings (SSSR count). The van der Waals surface area contributed by atoms with Crippen molar-refractivity contribution in [3.8, 4) is 0 Å². The standard InChI is InChI=1S/C12H16N2O2S/c1-2-16-11(15)9-7-13-12-14(9)8-5-3-4-6-10(8)17-12/h3-4,6,8-9,12-13H,2,5,7H2,1H3. The van der Waals surface area contributed by atoms with Gasteiger partial charge in [0, 0.05) is 17.5 Å². The van der Waals surface area contributed by atoms with Crippen molar-refractivity contribution in [3.63, 3.8) is 0 Å². The Morgan fingerprint density at radius 1 is 1.71 bits per heavy atom. The van der Waals surface area contributed by atoms with Crippen LogP contribution in [0.4, 0.5) is 0 Å². The fourth-order valence-corrected chi connectivity index (χ4v) is 4.01. The van der Waals surface area contributed by atoms with Crippen LogP contribution in [-0.4, -0.2) is 41.6 Å². The van der Waals surface area contributed by atoms with Crippen LogP contribution in [0, 0.1) is 0 Å². The Balaban J connectivity index is 1.80. The summed E-state index contributed by atoms with van der Waals surface area (Å²) in [5.74, 6) is -0.0982. The maximum absolute atomic E-state index is 11.9. The maximum Gasteiger partial charge on any atom is 0.324 e. The third-order valence-electron chi connectivity index (χ3n) is 3.37. The number of hydrogen-bond donors (Lipinski definition) is 1.